The van der Waals surface area contributed by atoms with E-state index in [1.54, 1.807) is 35.6 Å². The van der Waals surface area contributed by atoms with Gasteiger partial charge >= 0.3 is 0 Å². The van der Waals surface area contributed by atoms with Crippen LogP contribution >= 0.6 is 11.3 Å². The van der Waals surface area contributed by atoms with E-state index in [0.717, 1.165) is 4.88 Å². The standard InChI is InChI=1S/C19H21N3O3S/c1-2-21(13-17(23)20-12-14-6-5-11-26-14)9-10-22-18(24)15-7-3-4-8-16(15)19(22)25/h3-8,11H,2,9-10,12-13H2,1H3,(H,20,23). The Balaban J connectivity index is 1.50. The van der Waals surface area contributed by atoms with E-state index in [1.807, 2.05) is 29.3 Å². The van der Waals surface area contributed by atoms with Gasteiger partial charge in [-0.15, -0.1) is 11.3 Å². The minimum absolute atomic E-state index is 0.0670. The van der Waals surface area contributed by atoms with Gasteiger partial charge in [0.05, 0.1) is 24.2 Å². The number of thiophene rings is 1. The second-order valence-corrected chi connectivity index (χ2v) is 7.06. The second-order valence-electron chi connectivity index (χ2n) is 6.03. The number of hydrogen-bond acceptors (Lipinski definition) is 5. The fourth-order valence-corrected chi connectivity index (χ4v) is 3.54. The molecule has 7 heteroatoms. The molecule has 26 heavy (non-hydrogen) atoms. The van der Waals surface area contributed by atoms with E-state index < -0.39 is 0 Å². The highest BCUT2D eigenvalue weighted by atomic mass is 32.1. The summed E-state index contributed by atoms with van der Waals surface area (Å²) in [6, 6.07) is 10.8. The third-order valence-corrected chi connectivity index (χ3v) is 5.25. The fraction of sp³-hybridized carbons (Fsp3) is 0.316. The van der Waals surface area contributed by atoms with E-state index in [-0.39, 0.29) is 30.8 Å². The van der Waals surface area contributed by atoms with Gasteiger partial charge < -0.3 is 5.32 Å². The van der Waals surface area contributed by atoms with Gasteiger partial charge in [-0.2, -0.15) is 0 Å². The van der Waals surface area contributed by atoms with Crippen LogP contribution in [0.15, 0.2) is 41.8 Å². The van der Waals surface area contributed by atoms with Crippen molar-refractivity contribution in [2.45, 2.75) is 13.5 Å². The summed E-state index contributed by atoms with van der Waals surface area (Å²) < 4.78 is 0. The number of carbonyl (C=O) groups is 3. The maximum Gasteiger partial charge on any atom is 0.261 e. The maximum atomic E-state index is 12.4. The van der Waals surface area contributed by atoms with Crippen LogP contribution in [0.5, 0.6) is 0 Å². The molecule has 2 aromatic rings. The largest absolute Gasteiger partial charge is 0.350 e. The summed E-state index contributed by atoms with van der Waals surface area (Å²) in [5.74, 6) is -0.588. The highest BCUT2D eigenvalue weighted by Crippen LogP contribution is 2.22. The maximum absolute atomic E-state index is 12.4. The number of benzene rings is 1. The number of fused-ring (bicyclic) bond motifs is 1. The smallest absolute Gasteiger partial charge is 0.261 e. The molecule has 0 bridgehead atoms. The summed E-state index contributed by atoms with van der Waals surface area (Å²) in [4.78, 5) is 41.1. The SMILES string of the molecule is CCN(CCN1C(=O)c2ccccc2C1=O)CC(=O)NCc1cccs1. The van der Waals surface area contributed by atoms with Gasteiger partial charge in [0, 0.05) is 18.0 Å². The van der Waals surface area contributed by atoms with Gasteiger partial charge in [-0.3, -0.25) is 24.2 Å². The Hall–Kier alpha value is -2.51. The number of rotatable bonds is 8. The number of hydrogen-bond donors (Lipinski definition) is 1. The lowest BCUT2D eigenvalue weighted by atomic mass is 10.1. The predicted octanol–water partition coefficient (Wildman–Crippen LogP) is 1.98. The zero-order chi connectivity index (χ0) is 18.5. The number of carbonyl (C=O) groups excluding carboxylic acids is 3. The summed E-state index contributed by atoms with van der Waals surface area (Å²) in [7, 11) is 0. The van der Waals surface area contributed by atoms with Crippen LogP contribution in [0.25, 0.3) is 0 Å². The lowest BCUT2D eigenvalue weighted by Crippen LogP contribution is -2.42. The van der Waals surface area contributed by atoms with Crippen molar-refractivity contribution in [2.24, 2.45) is 0 Å². The normalized spacial score (nSPS) is 13.4. The molecular weight excluding hydrogens is 350 g/mol. The van der Waals surface area contributed by atoms with Crippen molar-refractivity contribution in [2.75, 3.05) is 26.2 Å². The van der Waals surface area contributed by atoms with Gasteiger partial charge in [-0.25, -0.2) is 0 Å². The van der Waals surface area contributed by atoms with Crippen molar-refractivity contribution in [1.82, 2.24) is 15.1 Å². The summed E-state index contributed by atoms with van der Waals surface area (Å²) in [5.41, 5.74) is 0.906. The molecule has 3 amide bonds. The number of nitrogens with one attached hydrogen (secondary N) is 1. The van der Waals surface area contributed by atoms with E-state index in [1.165, 1.54) is 4.90 Å². The molecule has 0 atom stereocenters. The lowest BCUT2D eigenvalue weighted by molar-refractivity contribution is -0.122. The molecule has 1 N–H and O–H groups in total. The van der Waals surface area contributed by atoms with Crippen LogP contribution in [0.1, 0.15) is 32.5 Å². The quantitative estimate of drug-likeness (QED) is 0.721. The first-order valence-electron chi connectivity index (χ1n) is 8.56. The molecule has 1 aromatic heterocycles. The number of amides is 3. The predicted molar refractivity (Wildman–Crippen MR) is 100 cm³/mol. The van der Waals surface area contributed by atoms with E-state index in [9.17, 15) is 14.4 Å². The van der Waals surface area contributed by atoms with Gasteiger partial charge in [-0.05, 0) is 30.1 Å². The Morgan fingerprint density at radius 2 is 1.81 bits per heavy atom. The fourth-order valence-electron chi connectivity index (χ4n) is 2.89. The molecule has 1 aromatic carbocycles. The Morgan fingerprint density at radius 3 is 2.38 bits per heavy atom. The molecule has 2 heterocycles. The van der Waals surface area contributed by atoms with E-state index in [0.29, 0.717) is 30.8 Å². The van der Waals surface area contributed by atoms with Crippen LogP contribution in [0.4, 0.5) is 0 Å². The number of nitrogens with zero attached hydrogens (tertiary/aromatic N) is 2. The molecule has 0 spiro atoms. The molecule has 1 aliphatic heterocycles. The first-order chi connectivity index (χ1) is 12.6. The van der Waals surface area contributed by atoms with Gasteiger partial charge in [0.2, 0.25) is 5.91 Å². The molecular formula is C19H21N3O3S. The Morgan fingerprint density at radius 1 is 1.12 bits per heavy atom. The summed E-state index contributed by atoms with van der Waals surface area (Å²) >= 11 is 1.60. The highest BCUT2D eigenvalue weighted by Gasteiger charge is 2.34. The van der Waals surface area contributed by atoms with Gasteiger partial charge in [0.25, 0.3) is 11.8 Å². The van der Waals surface area contributed by atoms with Crippen molar-refractivity contribution < 1.29 is 14.4 Å². The minimum atomic E-state index is -0.260. The van der Waals surface area contributed by atoms with Crippen molar-refractivity contribution in [3.63, 3.8) is 0 Å². The highest BCUT2D eigenvalue weighted by molar-refractivity contribution is 7.09. The zero-order valence-electron chi connectivity index (χ0n) is 14.6. The van der Waals surface area contributed by atoms with Gasteiger partial charge in [0.1, 0.15) is 0 Å². The van der Waals surface area contributed by atoms with Crippen LogP contribution in [0.2, 0.25) is 0 Å². The first kappa shape index (κ1) is 18.3. The molecule has 0 aliphatic carbocycles. The third-order valence-electron chi connectivity index (χ3n) is 4.37. The van der Waals surface area contributed by atoms with E-state index in [2.05, 4.69) is 5.32 Å². The molecule has 6 nitrogen and oxygen atoms in total. The van der Waals surface area contributed by atoms with Gasteiger partial charge in [0.15, 0.2) is 0 Å². The average molecular weight is 371 g/mol. The van der Waals surface area contributed by atoms with Crippen molar-refractivity contribution in [1.29, 1.82) is 0 Å². The molecule has 0 saturated heterocycles. The molecule has 1 aliphatic rings. The van der Waals surface area contributed by atoms with Crippen LogP contribution in [0.3, 0.4) is 0 Å². The van der Waals surface area contributed by atoms with Crippen LogP contribution in [-0.2, 0) is 11.3 Å². The molecule has 3 rings (SSSR count). The summed E-state index contributed by atoms with van der Waals surface area (Å²) in [6.45, 7) is 4.12. The first-order valence-corrected chi connectivity index (χ1v) is 9.44. The van der Waals surface area contributed by atoms with E-state index in [4.69, 9.17) is 0 Å². The zero-order valence-corrected chi connectivity index (χ0v) is 15.4. The Labute approximate surface area is 156 Å². The Kier molecular flexibility index (Phi) is 5.80. The topological polar surface area (TPSA) is 69.7 Å². The molecule has 136 valence electrons. The van der Waals surface area contributed by atoms with Crippen molar-refractivity contribution in [3.8, 4) is 0 Å². The number of imide groups is 1. The van der Waals surface area contributed by atoms with Crippen molar-refractivity contribution in [3.05, 3.63) is 57.8 Å². The average Bonchev–Trinajstić information content (AvgIpc) is 3.26. The summed E-state index contributed by atoms with van der Waals surface area (Å²) in [6.07, 6.45) is 0. The molecule has 0 fully saturated rings. The summed E-state index contributed by atoms with van der Waals surface area (Å²) in [5, 5.41) is 4.87. The molecule has 0 unspecified atom stereocenters. The molecule has 0 radical (unpaired) electrons. The van der Waals surface area contributed by atoms with Crippen LogP contribution in [0, 0.1) is 0 Å². The lowest BCUT2D eigenvalue weighted by Gasteiger charge is -2.22. The molecule has 0 saturated carbocycles. The van der Waals surface area contributed by atoms with E-state index >= 15 is 0 Å². The van der Waals surface area contributed by atoms with Crippen LogP contribution in [-0.4, -0.2) is 53.7 Å². The monoisotopic (exact) mass is 371 g/mol. The third kappa shape index (κ3) is 4.00. The second kappa shape index (κ2) is 8.25. The minimum Gasteiger partial charge on any atom is -0.350 e. The van der Waals surface area contributed by atoms with Gasteiger partial charge in [-0.1, -0.05) is 25.1 Å². The number of likely N-dealkylation sites (N-methyl/N-ethyl adjacent to an activating group) is 1. The Bertz CT molecular complexity index is 769. The van der Waals surface area contributed by atoms with Crippen LogP contribution < -0.4 is 5.32 Å². The van der Waals surface area contributed by atoms with Crippen molar-refractivity contribution >= 4 is 29.1 Å².